The van der Waals surface area contributed by atoms with E-state index in [-0.39, 0.29) is 0 Å². The minimum absolute atomic E-state index is 0.481. The zero-order valence-electron chi connectivity index (χ0n) is 6.87. The van der Waals surface area contributed by atoms with Crippen molar-refractivity contribution in [1.82, 2.24) is 14.2 Å². The lowest BCUT2D eigenvalue weighted by Crippen LogP contribution is -2.07. The Morgan fingerprint density at radius 1 is 1.54 bits per heavy atom. The summed E-state index contributed by atoms with van der Waals surface area (Å²) in [6, 6.07) is 3.65. The van der Waals surface area contributed by atoms with Crippen LogP contribution in [0, 0.1) is 0 Å². The summed E-state index contributed by atoms with van der Waals surface area (Å²) in [5, 5.41) is 13.7. The van der Waals surface area contributed by atoms with Gasteiger partial charge in [-0.05, 0) is 23.7 Å². The van der Waals surface area contributed by atoms with Crippen molar-refractivity contribution in [2.75, 3.05) is 0 Å². The molecule has 0 aromatic carbocycles. The summed E-state index contributed by atoms with van der Waals surface area (Å²) >= 11 is 1.31. The van der Waals surface area contributed by atoms with Crippen LogP contribution in [0.25, 0.3) is 0 Å². The van der Waals surface area contributed by atoms with Gasteiger partial charge in [-0.25, -0.2) is 4.37 Å². The highest BCUT2D eigenvalue weighted by molar-refractivity contribution is 7.05. The Hall–Kier alpha value is -1.20. The monoisotopic (exact) mass is 195 g/mol. The molecule has 1 unspecified atom stereocenters. The average molecular weight is 195 g/mol. The molecule has 1 N–H and O–H groups in total. The summed E-state index contributed by atoms with van der Waals surface area (Å²) < 4.78 is 5.62. The first-order chi connectivity index (χ1) is 6.36. The summed E-state index contributed by atoms with van der Waals surface area (Å²) in [6.07, 6.45) is 4.70. The van der Waals surface area contributed by atoms with Crippen LogP contribution in [0.5, 0.6) is 0 Å². The summed E-state index contributed by atoms with van der Waals surface area (Å²) in [6.45, 7) is 0.481. The van der Waals surface area contributed by atoms with Crippen LogP contribution in [0.3, 0.4) is 0 Å². The lowest BCUT2D eigenvalue weighted by atomic mass is 10.3. The minimum atomic E-state index is -0.507. The normalized spacial score (nSPS) is 13.0. The number of aromatic nitrogens is 3. The van der Waals surface area contributed by atoms with Gasteiger partial charge in [0, 0.05) is 18.6 Å². The molecule has 4 nitrogen and oxygen atoms in total. The second-order valence-electron chi connectivity index (χ2n) is 2.66. The van der Waals surface area contributed by atoms with E-state index in [2.05, 4.69) is 9.47 Å². The first kappa shape index (κ1) is 8.40. The fourth-order valence-electron chi connectivity index (χ4n) is 1.07. The van der Waals surface area contributed by atoms with E-state index in [0.29, 0.717) is 6.54 Å². The third kappa shape index (κ3) is 1.93. The fraction of sp³-hybridized carbons (Fsp3) is 0.250. The van der Waals surface area contributed by atoms with Crippen molar-refractivity contribution in [3.8, 4) is 0 Å². The van der Waals surface area contributed by atoms with E-state index in [1.54, 1.807) is 17.1 Å². The van der Waals surface area contributed by atoms with Crippen LogP contribution in [-0.2, 0) is 6.54 Å². The van der Waals surface area contributed by atoms with Crippen LogP contribution in [0.2, 0.25) is 0 Å². The van der Waals surface area contributed by atoms with Gasteiger partial charge in [-0.1, -0.05) is 0 Å². The first-order valence-electron chi connectivity index (χ1n) is 3.92. The van der Waals surface area contributed by atoms with Crippen LogP contribution in [0.1, 0.15) is 11.0 Å². The highest BCUT2D eigenvalue weighted by Crippen LogP contribution is 2.17. The van der Waals surface area contributed by atoms with E-state index in [1.807, 2.05) is 18.3 Å². The van der Waals surface area contributed by atoms with Crippen LogP contribution >= 0.6 is 11.5 Å². The molecule has 5 heteroatoms. The Bertz CT molecular complexity index is 343. The number of aliphatic hydroxyl groups is 1. The maximum absolute atomic E-state index is 9.69. The number of nitrogens with zero attached hydrogens (tertiary/aromatic N) is 3. The molecule has 0 saturated heterocycles. The molecule has 13 heavy (non-hydrogen) atoms. The molecule has 2 heterocycles. The van der Waals surface area contributed by atoms with Crippen molar-refractivity contribution in [3.05, 3.63) is 35.6 Å². The number of hydrogen-bond acceptors (Lipinski definition) is 4. The van der Waals surface area contributed by atoms with Crippen molar-refractivity contribution >= 4 is 11.5 Å². The van der Waals surface area contributed by atoms with E-state index in [4.69, 9.17) is 0 Å². The molecule has 0 aliphatic carbocycles. The Labute approximate surface area is 79.6 Å². The Kier molecular flexibility index (Phi) is 2.37. The molecule has 2 aromatic heterocycles. The molecule has 1 atom stereocenters. The molecule has 0 radical (unpaired) electrons. The van der Waals surface area contributed by atoms with Gasteiger partial charge in [-0.15, -0.1) is 0 Å². The Morgan fingerprint density at radius 3 is 3.08 bits per heavy atom. The zero-order chi connectivity index (χ0) is 9.10. The zero-order valence-corrected chi connectivity index (χ0v) is 7.68. The lowest BCUT2D eigenvalue weighted by Gasteiger charge is -2.06. The maximum Gasteiger partial charge on any atom is 0.109 e. The molecule has 2 aromatic rings. The average Bonchev–Trinajstić information content (AvgIpc) is 2.74. The molecule has 0 saturated carbocycles. The van der Waals surface area contributed by atoms with Crippen molar-refractivity contribution < 1.29 is 5.11 Å². The molecule has 68 valence electrons. The van der Waals surface area contributed by atoms with E-state index in [9.17, 15) is 5.11 Å². The van der Waals surface area contributed by atoms with Crippen LogP contribution in [0.4, 0.5) is 0 Å². The lowest BCUT2D eigenvalue weighted by molar-refractivity contribution is 0.155. The molecule has 0 spiro atoms. The summed E-state index contributed by atoms with van der Waals surface area (Å²) in [5.74, 6) is 0. The smallest absolute Gasteiger partial charge is 0.109 e. The predicted molar refractivity (Wildman–Crippen MR) is 49.3 cm³/mol. The number of aliphatic hydroxyl groups excluding tert-OH is 1. The van der Waals surface area contributed by atoms with Gasteiger partial charge in [-0.2, -0.15) is 5.10 Å². The van der Waals surface area contributed by atoms with Gasteiger partial charge in [0.25, 0.3) is 0 Å². The van der Waals surface area contributed by atoms with E-state index < -0.39 is 6.10 Å². The van der Waals surface area contributed by atoms with Gasteiger partial charge in [0.15, 0.2) is 0 Å². The highest BCUT2D eigenvalue weighted by atomic mass is 32.1. The topological polar surface area (TPSA) is 50.9 Å². The van der Waals surface area contributed by atoms with Crippen LogP contribution in [-0.4, -0.2) is 19.3 Å². The molecule has 0 aliphatic rings. The van der Waals surface area contributed by atoms with Crippen LogP contribution in [0.15, 0.2) is 30.7 Å². The number of rotatable bonds is 3. The fourth-order valence-corrected chi connectivity index (χ4v) is 1.63. The molecule has 0 bridgehead atoms. The Balaban J connectivity index is 2.04. The van der Waals surface area contributed by atoms with Crippen LogP contribution < -0.4 is 0 Å². The third-order valence-corrected chi connectivity index (χ3v) is 2.55. The SMILES string of the molecule is OC(Cn1cccn1)c1ccns1. The van der Waals surface area contributed by atoms with Crippen molar-refractivity contribution in [1.29, 1.82) is 0 Å². The molecular weight excluding hydrogens is 186 g/mol. The molecule has 0 fully saturated rings. The summed E-state index contributed by atoms with van der Waals surface area (Å²) in [7, 11) is 0. The third-order valence-electron chi connectivity index (χ3n) is 1.71. The van der Waals surface area contributed by atoms with Crippen molar-refractivity contribution in [3.63, 3.8) is 0 Å². The van der Waals surface area contributed by atoms with Gasteiger partial charge in [0.2, 0.25) is 0 Å². The predicted octanol–water partition coefficient (Wildman–Crippen LogP) is 1.07. The van der Waals surface area contributed by atoms with Gasteiger partial charge in [0.1, 0.15) is 6.10 Å². The van der Waals surface area contributed by atoms with E-state index >= 15 is 0 Å². The molecule has 0 amide bonds. The van der Waals surface area contributed by atoms with E-state index in [1.165, 1.54) is 11.5 Å². The van der Waals surface area contributed by atoms with E-state index in [0.717, 1.165) is 4.88 Å². The summed E-state index contributed by atoms with van der Waals surface area (Å²) in [4.78, 5) is 0.871. The minimum Gasteiger partial charge on any atom is -0.386 e. The van der Waals surface area contributed by atoms with Crippen molar-refractivity contribution in [2.45, 2.75) is 12.6 Å². The Morgan fingerprint density at radius 2 is 2.46 bits per heavy atom. The van der Waals surface area contributed by atoms with Gasteiger partial charge in [-0.3, -0.25) is 4.68 Å². The summed E-state index contributed by atoms with van der Waals surface area (Å²) in [5.41, 5.74) is 0. The molecule has 2 rings (SSSR count). The second-order valence-corrected chi connectivity index (χ2v) is 3.52. The first-order valence-corrected chi connectivity index (χ1v) is 4.69. The quantitative estimate of drug-likeness (QED) is 0.797. The maximum atomic E-state index is 9.69. The second kappa shape index (κ2) is 3.68. The van der Waals surface area contributed by atoms with Gasteiger partial charge in [0.05, 0.1) is 11.4 Å². The van der Waals surface area contributed by atoms with Crippen molar-refractivity contribution in [2.24, 2.45) is 0 Å². The largest absolute Gasteiger partial charge is 0.386 e. The van der Waals surface area contributed by atoms with Gasteiger partial charge >= 0.3 is 0 Å². The standard InChI is InChI=1S/C8H9N3OS/c12-7(8-2-4-10-13-8)6-11-5-1-3-9-11/h1-5,7,12H,6H2. The number of hydrogen-bond donors (Lipinski definition) is 1. The van der Waals surface area contributed by atoms with Gasteiger partial charge < -0.3 is 5.11 Å². The highest BCUT2D eigenvalue weighted by Gasteiger charge is 2.09. The molecular formula is C8H9N3OS. The molecule has 0 aliphatic heterocycles.